The summed E-state index contributed by atoms with van der Waals surface area (Å²) in [5.41, 5.74) is 2.98. The van der Waals surface area contributed by atoms with Crippen molar-refractivity contribution in [3.8, 4) is 17.2 Å². The number of hydrogen-bond donors (Lipinski definition) is 2. The molecule has 0 aliphatic carbocycles. The predicted molar refractivity (Wildman–Crippen MR) is 115 cm³/mol. The van der Waals surface area contributed by atoms with E-state index in [-0.39, 0.29) is 41.9 Å². The molecule has 0 amide bonds. The van der Waals surface area contributed by atoms with Crippen LogP contribution in [0.1, 0.15) is 75.7 Å². The van der Waals surface area contributed by atoms with Crippen LogP contribution in [0.25, 0.3) is 0 Å². The van der Waals surface area contributed by atoms with Crippen LogP contribution in [-0.4, -0.2) is 28.6 Å². The first kappa shape index (κ1) is 23.5. The van der Waals surface area contributed by atoms with E-state index in [9.17, 15) is 19.8 Å². The number of ether oxygens (including phenoxy) is 2. The minimum atomic E-state index is -0.559. The molecule has 0 aromatic heterocycles. The van der Waals surface area contributed by atoms with Crippen LogP contribution in [0.2, 0.25) is 0 Å². The number of cyclic esters (lactones) is 1. The number of carbonyl (C=O) groups excluding carboxylic acids is 2. The fourth-order valence-corrected chi connectivity index (χ4v) is 3.19. The Kier molecular flexibility index (Phi) is 8.51. The molecule has 1 aliphatic rings. The van der Waals surface area contributed by atoms with Crippen molar-refractivity contribution < 1.29 is 29.3 Å². The third-order valence-corrected chi connectivity index (χ3v) is 5.21. The normalized spacial score (nSPS) is 14.1. The summed E-state index contributed by atoms with van der Waals surface area (Å²) in [6, 6.07) is 1.27. The van der Waals surface area contributed by atoms with Crippen molar-refractivity contribution in [3.05, 3.63) is 40.5 Å². The number of allylic oxidation sites excluding steroid dienone is 3. The van der Waals surface area contributed by atoms with Crippen molar-refractivity contribution in [1.29, 1.82) is 0 Å². The molecule has 0 spiro atoms. The molecule has 1 heterocycles. The predicted octanol–water partition coefficient (Wildman–Crippen LogP) is 5.22. The number of hydrogen-bond acceptors (Lipinski definition) is 6. The lowest BCUT2D eigenvalue weighted by atomic mass is 10.0. The van der Waals surface area contributed by atoms with Gasteiger partial charge in [-0.2, -0.15) is 0 Å². The smallest absolute Gasteiger partial charge is 0.339 e. The van der Waals surface area contributed by atoms with Gasteiger partial charge in [0.15, 0.2) is 11.5 Å². The number of Topliss-reactive ketones (excluding diaryl/α,β-unsaturated/α-hetero) is 1. The highest BCUT2D eigenvalue weighted by molar-refractivity contribution is 5.95. The van der Waals surface area contributed by atoms with Crippen LogP contribution >= 0.6 is 0 Å². The Labute approximate surface area is 178 Å². The minimum absolute atomic E-state index is 0.0196. The molecule has 0 fully saturated rings. The largest absolute Gasteiger partial charge is 0.504 e. The van der Waals surface area contributed by atoms with Crippen molar-refractivity contribution in [2.75, 3.05) is 6.61 Å². The Morgan fingerprint density at radius 3 is 2.50 bits per heavy atom. The molecule has 0 atom stereocenters. The van der Waals surface area contributed by atoms with E-state index in [2.05, 4.69) is 26.0 Å². The van der Waals surface area contributed by atoms with Gasteiger partial charge in [-0.1, -0.05) is 37.1 Å². The van der Waals surface area contributed by atoms with Gasteiger partial charge in [0.05, 0.1) is 12.2 Å². The van der Waals surface area contributed by atoms with Crippen LogP contribution in [0.3, 0.4) is 0 Å². The molecule has 0 radical (unpaired) electrons. The molecule has 6 nitrogen and oxygen atoms in total. The summed E-state index contributed by atoms with van der Waals surface area (Å²) in [5, 5.41) is 20.3. The summed E-state index contributed by atoms with van der Waals surface area (Å²) in [6.45, 7) is 8.25. The standard InChI is InChI=1S/C24H32O6/c1-15(2)20(25)11-10-17(4)8-5-7-16(3)9-6-12-29-23-21(26)13-18-19(22(23)27)14-30-24(18)28/h8-9,13,15,26-27H,5-7,10-12,14H2,1-4H3/b16-9+,17-8+. The molecule has 164 valence electrons. The third-order valence-electron chi connectivity index (χ3n) is 5.21. The number of phenolic OH excluding ortho intramolecular Hbond substituents is 2. The van der Waals surface area contributed by atoms with Gasteiger partial charge in [0.2, 0.25) is 5.75 Å². The quantitative estimate of drug-likeness (QED) is 0.292. The molecule has 2 N–H and O–H groups in total. The second-order valence-corrected chi connectivity index (χ2v) is 8.07. The number of carbonyl (C=O) groups is 2. The maximum Gasteiger partial charge on any atom is 0.339 e. The van der Waals surface area contributed by atoms with Gasteiger partial charge in [-0.3, -0.25) is 4.79 Å². The molecule has 2 rings (SSSR count). The second kappa shape index (κ2) is 10.9. The van der Waals surface area contributed by atoms with Crippen molar-refractivity contribution in [1.82, 2.24) is 0 Å². The molecule has 0 saturated heterocycles. The van der Waals surface area contributed by atoms with E-state index in [1.165, 1.54) is 17.2 Å². The molecule has 1 aromatic rings. The molecule has 0 saturated carbocycles. The summed E-state index contributed by atoms with van der Waals surface area (Å²) in [4.78, 5) is 23.2. The molecule has 0 unspecified atom stereocenters. The van der Waals surface area contributed by atoms with Gasteiger partial charge in [-0.25, -0.2) is 4.79 Å². The number of ketones is 1. The van der Waals surface area contributed by atoms with Crippen molar-refractivity contribution in [2.45, 2.75) is 66.4 Å². The summed E-state index contributed by atoms with van der Waals surface area (Å²) in [5.74, 6) is -0.695. The number of aromatic hydroxyl groups is 2. The SMILES string of the molecule is C/C(=C\CCOc1c(O)cc2c(c1O)COC2=O)CC/C=C(\C)CCC(=O)C(C)C. The molecule has 0 bridgehead atoms. The minimum Gasteiger partial charge on any atom is -0.504 e. The van der Waals surface area contributed by atoms with E-state index in [1.54, 1.807) is 0 Å². The van der Waals surface area contributed by atoms with E-state index in [0.29, 0.717) is 24.2 Å². The van der Waals surface area contributed by atoms with Gasteiger partial charge in [0, 0.05) is 17.9 Å². The highest BCUT2D eigenvalue weighted by Gasteiger charge is 2.29. The summed E-state index contributed by atoms with van der Waals surface area (Å²) < 4.78 is 10.4. The Morgan fingerprint density at radius 2 is 1.80 bits per heavy atom. The lowest BCUT2D eigenvalue weighted by molar-refractivity contribution is -0.121. The molecule has 1 aromatic carbocycles. The Hall–Kier alpha value is -2.76. The zero-order valence-corrected chi connectivity index (χ0v) is 18.3. The Balaban J connectivity index is 1.76. The summed E-state index contributed by atoms with van der Waals surface area (Å²) in [6.07, 6.45) is 8.15. The number of rotatable bonds is 11. The van der Waals surface area contributed by atoms with Gasteiger partial charge in [-0.05, 0) is 45.6 Å². The number of fused-ring (bicyclic) bond motifs is 1. The van der Waals surface area contributed by atoms with Crippen molar-refractivity contribution in [2.24, 2.45) is 5.92 Å². The van der Waals surface area contributed by atoms with E-state index in [1.807, 2.05) is 13.8 Å². The van der Waals surface area contributed by atoms with E-state index in [0.717, 1.165) is 19.3 Å². The van der Waals surface area contributed by atoms with Crippen molar-refractivity contribution >= 4 is 11.8 Å². The Bertz CT molecular complexity index is 848. The zero-order chi connectivity index (χ0) is 22.3. The number of esters is 1. The highest BCUT2D eigenvalue weighted by Crippen LogP contribution is 2.43. The first-order valence-electron chi connectivity index (χ1n) is 10.4. The Morgan fingerprint density at radius 1 is 1.13 bits per heavy atom. The molecular weight excluding hydrogens is 384 g/mol. The second-order valence-electron chi connectivity index (χ2n) is 8.07. The lowest BCUT2D eigenvalue weighted by Crippen LogP contribution is -2.06. The van der Waals surface area contributed by atoms with Crippen LogP contribution in [0, 0.1) is 5.92 Å². The fourth-order valence-electron chi connectivity index (χ4n) is 3.19. The number of benzene rings is 1. The monoisotopic (exact) mass is 416 g/mol. The van der Waals surface area contributed by atoms with E-state index < -0.39 is 5.97 Å². The van der Waals surface area contributed by atoms with E-state index in [4.69, 9.17) is 9.47 Å². The van der Waals surface area contributed by atoms with Gasteiger partial charge in [0.25, 0.3) is 0 Å². The first-order valence-corrected chi connectivity index (χ1v) is 10.4. The van der Waals surface area contributed by atoms with Crippen LogP contribution < -0.4 is 4.74 Å². The highest BCUT2D eigenvalue weighted by atomic mass is 16.5. The topological polar surface area (TPSA) is 93.1 Å². The fraction of sp³-hybridized carbons (Fsp3) is 0.500. The zero-order valence-electron chi connectivity index (χ0n) is 18.3. The van der Waals surface area contributed by atoms with Crippen LogP contribution in [-0.2, 0) is 16.1 Å². The first-order chi connectivity index (χ1) is 14.2. The van der Waals surface area contributed by atoms with Crippen molar-refractivity contribution in [3.63, 3.8) is 0 Å². The van der Waals surface area contributed by atoms with E-state index >= 15 is 0 Å². The number of phenols is 2. The molecule has 6 heteroatoms. The molecule has 1 aliphatic heterocycles. The van der Waals surface area contributed by atoms with Gasteiger partial charge in [-0.15, -0.1) is 0 Å². The maximum absolute atomic E-state index is 11.7. The average molecular weight is 417 g/mol. The van der Waals surface area contributed by atoms with Gasteiger partial charge < -0.3 is 19.7 Å². The molecule has 30 heavy (non-hydrogen) atoms. The average Bonchev–Trinajstić information content (AvgIpc) is 3.06. The maximum atomic E-state index is 11.7. The van der Waals surface area contributed by atoms with Crippen LogP contribution in [0.5, 0.6) is 17.2 Å². The van der Waals surface area contributed by atoms with Crippen LogP contribution in [0.4, 0.5) is 0 Å². The summed E-state index contributed by atoms with van der Waals surface area (Å²) >= 11 is 0. The summed E-state index contributed by atoms with van der Waals surface area (Å²) in [7, 11) is 0. The van der Waals surface area contributed by atoms with Gasteiger partial charge in [0.1, 0.15) is 12.4 Å². The van der Waals surface area contributed by atoms with Gasteiger partial charge >= 0.3 is 5.97 Å². The molecular formula is C24H32O6. The third kappa shape index (κ3) is 6.37. The van der Waals surface area contributed by atoms with Crippen LogP contribution in [0.15, 0.2) is 29.4 Å². The lowest BCUT2D eigenvalue weighted by Gasteiger charge is -2.11.